The molecule has 2 aliphatic rings. The van der Waals surface area contributed by atoms with Gasteiger partial charge in [0, 0.05) is 23.0 Å². The highest BCUT2D eigenvalue weighted by Crippen LogP contribution is 2.54. The Morgan fingerprint density at radius 3 is 2.81 bits per heavy atom. The van der Waals surface area contributed by atoms with E-state index in [0.29, 0.717) is 17.7 Å². The Balaban J connectivity index is 1.96. The van der Waals surface area contributed by atoms with Gasteiger partial charge in [0.25, 0.3) is 0 Å². The molecular formula is C22H30O4. The van der Waals surface area contributed by atoms with Gasteiger partial charge in [-0.25, -0.2) is 4.79 Å². The van der Waals surface area contributed by atoms with Crippen molar-refractivity contribution in [2.24, 2.45) is 5.92 Å². The number of phenolic OH excluding ortho intramolecular Hbond substituents is 1. The Morgan fingerprint density at radius 2 is 2.12 bits per heavy atom. The van der Waals surface area contributed by atoms with Gasteiger partial charge >= 0.3 is 5.97 Å². The molecule has 1 aliphatic heterocycles. The third-order valence-electron chi connectivity index (χ3n) is 5.88. The van der Waals surface area contributed by atoms with Crippen molar-refractivity contribution >= 4 is 5.97 Å². The molecule has 0 radical (unpaired) electrons. The number of methoxy groups -OCH3 is 1. The molecule has 0 spiro atoms. The SMILES string of the molecule is CCCCCc1cc(O)c2c(c1)OC(C)(C)[C@H]1CC=C(C(=O)OC)C[C@H]21. The molecule has 0 aromatic heterocycles. The first-order valence-corrected chi connectivity index (χ1v) is 9.69. The highest BCUT2D eigenvalue weighted by atomic mass is 16.5. The summed E-state index contributed by atoms with van der Waals surface area (Å²) >= 11 is 0. The first-order chi connectivity index (χ1) is 12.4. The highest BCUT2D eigenvalue weighted by Gasteiger charge is 2.46. The molecule has 0 fully saturated rings. The van der Waals surface area contributed by atoms with Crippen molar-refractivity contribution in [2.45, 2.75) is 70.8 Å². The topological polar surface area (TPSA) is 55.8 Å². The maximum atomic E-state index is 12.0. The minimum Gasteiger partial charge on any atom is -0.508 e. The number of benzene rings is 1. The highest BCUT2D eigenvalue weighted by molar-refractivity contribution is 5.88. The van der Waals surface area contributed by atoms with Gasteiger partial charge in [0.05, 0.1) is 7.11 Å². The molecule has 0 unspecified atom stereocenters. The van der Waals surface area contributed by atoms with Crippen molar-refractivity contribution in [3.63, 3.8) is 0 Å². The molecule has 0 saturated heterocycles. The van der Waals surface area contributed by atoms with Gasteiger partial charge in [-0.3, -0.25) is 0 Å². The van der Waals surface area contributed by atoms with Gasteiger partial charge in [-0.2, -0.15) is 0 Å². The fourth-order valence-electron chi connectivity index (χ4n) is 4.47. The van der Waals surface area contributed by atoms with Crippen molar-refractivity contribution in [2.75, 3.05) is 7.11 Å². The van der Waals surface area contributed by atoms with Crippen LogP contribution in [0.1, 0.15) is 69.9 Å². The first kappa shape index (κ1) is 18.8. The van der Waals surface area contributed by atoms with Gasteiger partial charge in [0.15, 0.2) is 0 Å². The van der Waals surface area contributed by atoms with Crippen LogP contribution in [-0.4, -0.2) is 23.8 Å². The van der Waals surface area contributed by atoms with Crippen LogP contribution in [0.3, 0.4) is 0 Å². The number of aromatic hydroxyl groups is 1. The van der Waals surface area contributed by atoms with Gasteiger partial charge in [-0.1, -0.05) is 25.8 Å². The smallest absolute Gasteiger partial charge is 0.333 e. The maximum absolute atomic E-state index is 12.0. The van der Waals surface area contributed by atoms with Crippen LogP contribution in [0, 0.1) is 5.92 Å². The van der Waals surface area contributed by atoms with E-state index in [1.807, 2.05) is 12.1 Å². The standard InChI is InChI=1S/C22H30O4/c1-5-6-7-8-14-11-18(23)20-16-13-15(21(24)25-4)9-10-17(16)22(2,3)26-19(20)12-14/h9,11-12,16-17,23H,5-8,10,13H2,1-4H3/t16-,17-/m0/s1. The third kappa shape index (κ3) is 3.46. The summed E-state index contributed by atoms with van der Waals surface area (Å²) in [5.41, 5.74) is 2.32. The molecule has 1 aliphatic carbocycles. The number of phenols is 1. The number of rotatable bonds is 5. The number of ether oxygens (including phenoxy) is 2. The second kappa shape index (κ2) is 7.34. The molecule has 4 heteroatoms. The number of unbranched alkanes of at least 4 members (excludes halogenated alkanes) is 2. The molecule has 1 heterocycles. The van der Waals surface area contributed by atoms with Crippen molar-refractivity contribution < 1.29 is 19.4 Å². The van der Waals surface area contributed by atoms with Gasteiger partial charge in [-0.15, -0.1) is 0 Å². The molecule has 142 valence electrons. The Labute approximate surface area is 156 Å². The van der Waals surface area contributed by atoms with E-state index < -0.39 is 0 Å². The summed E-state index contributed by atoms with van der Waals surface area (Å²) in [5, 5.41) is 10.8. The molecular weight excluding hydrogens is 328 g/mol. The maximum Gasteiger partial charge on any atom is 0.333 e. The molecule has 0 saturated carbocycles. The number of carbonyl (C=O) groups excluding carboxylic acids is 1. The second-order valence-electron chi connectivity index (χ2n) is 8.06. The fourth-order valence-corrected chi connectivity index (χ4v) is 4.47. The van der Waals surface area contributed by atoms with E-state index in [-0.39, 0.29) is 23.4 Å². The summed E-state index contributed by atoms with van der Waals surface area (Å²) in [5.74, 6) is 1.09. The first-order valence-electron chi connectivity index (χ1n) is 9.69. The number of carbonyl (C=O) groups is 1. The lowest BCUT2D eigenvalue weighted by Crippen LogP contribution is -2.45. The van der Waals surface area contributed by atoms with E-state index in [1.165, 1.54) is 20.0 Å². The summed E-state index contributed by atoms with van der Waals surface area (Å²) in [6, 6.07) is 3.96. The van der Waals surface area contributed by atoms with Crippen molar-refractivity contribution in [3.05, 3.63) is 34.9 Å². The van der Waals surface area contributed by atoms with Crippen LogP contribution in [0.15, 0.2) is 23.8 Å². The average molecular weight is 358 g/mol. The molecule has 2 atom stereocenters. The molecule has 1 N–H and O–H groups in total. The van der Waals surface area contributed by atoms with E-state index in [1.54, 1.807) is 0 Å². The number of aryl methyl sites for hydroxylation is 1. The van der Waals surface area contributed by atoms with Crippen LogP contribution >= 0.6 is 0 Å². The molecule has 26 heavy (non-hydrogen) atoms. The predicted octanol–water partition coefficient (Wildman–Crippen LogP) is 4.89. The quantitative estimate of drug-likeness (QED) is 0.601. The van der Waals surface area contributed by atoms with Crippen molar-refractivity contribution in [1.82, 2.24) is 0 Å². The lowest BCUT2D eigenvalue weighted by atomic mass is 9.67. The minimum atomic E-state index is -0.343. The zero-order valence-electron chi connectivity index (χ0n) is 16.3. The van der Waals surface area contributed by atoms with Gasteiger partial charge < -0.3 is 14.6 Å². The molecule has 1 aromatic rings. The van der Waals surface area contributed by atoms with Gasteiger partial charge in [-0.05, 0) is 57.2 Å². The summed E-state index contributed by atoms with van der Waals surface area (Å²) in [4.78, 5) is 12.0. The van der Waals surface area contributed by atoms with Crippen molar-refractivity contribution in [1.29, 1.82) is 0 Å². The molecule has 0 bridgehead atoms. The number of hydrogen-bond acceptors (Lipinski definition) is 4. The number of hydrogen-bond donors (Lipinski definition) is 1. The number of allylic oxidation sites excluding steroid dienone is 1. The lowest BCUT2D eigenvalue weighted by Gasteiger charge is -2.47. The van der Waals surface area contributed by atoms with Crippen LogP contribution in [0.4, 0.5) is 0 Å². The monoisotopic (exact) mass is 358 g/mol. The predicted molar refractivity (Wildman–Crippen MR) is 102 cm³/mol. The third-order valence-corrected chi connectivity index (χ3v) is 5.88. The number of fused-ring (bicyclic) bond motifs is 3. The van der Waals surface area contributed by atoms with E-state index in [0.717, 1.165) is 36.1 Å². The van der Waals surface area contributed by atoms with Crippen LogP contribution in [0.2, 0.25) is 0 Å². The van der Waals surface area contributed by atoms with Gasteiger partial charge in [0.1, 0.15) is 17.1 Å². The summed E-state index contributed by atoms with van der Waals surface area (Å²) in [7, 11) is 1.41. The van der Waals surface area contributed by atoms with E-state index in [4.69, 9.17) is 9.47 Å². The summed E-state index contributed by atoms with van der Waals surface area (Å²) in [6.45, 7) is 6.39. The lowest BCUT2D eigenvalue weighted by molar-refractivity contribution is -0.136. The van der Waals surface area contributed by atoms with Gasteiger partial charge in [0.2, 0.25) is 0 Å². The van der Waals surface area contributed by atoms with Crippen LogP contribution in [0.5, 0.6) is 11.5 Å². The van der Waals surface area contributed by atoms with E-state index >= 15 is 0 Å². The van der Waals surface area contributed by atoms with Crippen LogP contribution in [-0.2, 0) is 16.0 Å². The molecule has 4 nitrogen and oxygen atoms in total. The zero-order chi connectivity index (χ0) is 18.9. The van der Waals surface area contributed by atoms with Crippen LogP contribution in [0.25, 0.3) is 0 Å². The van der Waals surface area contributed by atoms with E-state index in [9.17, 15) is 9.90 Å². The van der Waals surface area contributed by atoms with Crippen LogP contribution < -0.4 is 4.74 Å². The fraction of sp³-hybridized carbons (Fsp3) is 0.591. The number of esters is 1. The Morgan fingerprint density at radius 1 is 1.35 bits per heavy atom. The second-order valence-corrected chi connectivity index (χ2v) is 8.06. The molecule has 0 amide bonds. The molecule has 3 rings (SSSR count). The zero-order valence-corrected chi connectivity index (χ0v) is 16.3. The Bertz CT molecular complexity index is 717. The average Bonchev–Trinajstić information content (AvgIpc) is 2.60. The summed E-state index contributed by atoms with van der Waals surface area (Å²) < 4.78 is 11.2. The Kier molecular flexibility index (Phi) is 5.31. The largest absolute Gasteiger partial charge is 0.508 e. The van der Waals surface area contributed by atoms with E-state index in [2.05, 4.69) is 26.8 Å². The normalized spacial score (nSPS) is 23.3. The Hall–Kier alpha value is -1.97. The minimum absolute atomic E-state index is 0.0672. The molecule has 1 aromatic carbocycles. The van der Waals surface area contributed by atoms with Crippen molar-refractivity contribution in [3.8, 4) is 11.5 Å². The summed E-state index contributed by atoms with van der Waals surface area (Å²) in [6.07, 6.45) is 7.71.